The van der Waals surface area contributed by atoms with Crippen molar-refractivity contribution in [3.05, 3.63) is 30.3 Å². The fourth-order valence-corrected chi connectivity index (χ4v) is 2.24. The summed E-state index contributed by atoms with van der Waals surface area (Å²) in [6.07, 6.45) is 1.74. The van der Waals surface area contributed by atoms with Crippen LogP contribution in [-0.2, 0) is 9.84 Å². The Morgan fingerprint density at radius 3 is 2.68 bits per heavy atom. The fraction of sp³-hybridized carbons (Fsp3) is 0.364. The van der Waals surface area contributed by atoms with Gasteiger partial charge in [0, 0.05) is 12.8 Å². The third-order valence-corrected chi connectivity index (χ3v) is 3.48. The molecule has 0 amide bonds. The molecule has 0 saturated heterocycles. The van der Waals surface area contributed by atoms with E-state index in [4.69, 9.17) is 0 Å². The normalized spacial score (nSPS) is 11.4. The van der Waals surface area contributed by atoms with Gasteiger partial charge in [-0.3, -0.25) is 0 Å². The number of anilines is 1. The second-order valence-electron chi connectivity index (χ2n) is 4.16. The van der Waals surface area contributed by atoms with E-state index >= 15 is 0 Å². The zero-order valence-corrected chi connectivity index (χ0v) is 11.3. The van der Waals surface area contributed by atoms with E-state index in [9.17, 15) is 8.42 Å². The van der Waals surface area contributed by atoms with E-state index in [1.54, 1.807) is 4.68 Å². The molecule has 0 fully saturated rings. The number of nitrogens with one attached hydrogen (secondary N) is 1. The van der Waals surface area contributed by atoms with Crippen LogP contribution in [0.4, 0.5) is 5.95 Å². The highest BCUT2D eigenvalue weighted by molar-refractivity contribution is 7.90. The van der Waals surface area contributed by atoms with Crippen molar-refractivity contribution >= 4 is 15.8 Å². The maximum atomic E-state index is 11.0. The number of para-hydroxylation sites is 1. The maximum absolute atomic E-state index is 11.0. The standard InChI is InChI=1S/C11H15N5O2S/c1-19(17,18)9-5-8-12-11-13-14-15-16(11)10-6-3-2-4-7-10/h2-4,6-7H,5,8-9H2,1H3,(H,12,13,15). The first-order valence-corrected chi connectivity index (χ1v) is 7.88. The molecule has 0 aliphatic heterocycles. The molecule has 1 N–H and O–H groups in total. The van der Waals surface area contributed by atoms with Crippen molar-refractivity contribution in [3.63, 3.8) is 0 Å². The van der Waals surface area contributed by atoms with E-state index in [0.29, 0.717) is 18.9 Å². The summed E-state index contributed by atoms with van der Waals surface area (Å²) in [6, 6.07) is 9.47. The first kappa shape index (κ1) is 13.5. The average molecular weight is 281 g/mol. The molecule has 0 saturated carbocycles. The predicted octanol–water partition coefficient (Wildman–Crippen LogP) is 0.509. The lowest BCUT2D eigenvalue weighted by Gasteiger charge is -2.06. The van der Waals surface area contributed by atoms with Gasteiger partial charge in [-0.05, 0) is 29.0 Å². The molecule has 102 valence electrons. The SMILES string of the molecule is CS(=O)(=O)CCCNc1nnnn1-c1ccccc1. The van der Waals surface area contributed by atoms with Crippen LogP contribution in [0.2, 0.25) is 0 Å². The van der Waals surface area contributed by atoms with Crippen molar-refractivity contribution in [1.82, 2.24) is 20.2 Å². The quantitative estimate of drug-likeness (QED) is 0.776. The predicted molar refractivity (Wildman–Crippen MR) is 72.0 cm³/mol. The van der Waals surface area contributed by atoms with Gasteiger partial charge in [-0.25, -0.2) is 8.42 Å². The van der Waals surface area contributed by atoms with Gasteiger partial charge in [-0.2, -0.15) is 4.68 Å². The maximum Gasteiger partial charge on any atom is 0.247 e. The van der Waals surface area contributed by atoms with Crippen LogP contribution in [0.3, 0.4) is 0 Å². The Balaban J connectivity index is 1.97. The number of sulfone groups is 1. The molecule has 8 heteroatoms. The molecule has 2 aromatic rings. The molecule has 0 atom stereocenters. The van der Waals surface area contributed by atoms with E-state index in [-0.39, 0.29) is 5.75 Å². The summed E-state index contributed by atoms with van der Waals surface area (Å²) in [5, 5.41) is 14.4. The summed E-state index contributed by atoms with van der Waals surface area (Å²) in [4.78, 5) is 0. The molecule has 0 unspecified atom stereocenters. The van der Waals surface area contributed by atoms with Crippen LogP contribution in [0.15, 0.2) is 30.3 Å². The van der Waals surface area contributed by atoms with Crippen LogP contribution < -0.4 is 5.32 Å². The van der Waals surface area contributed by atoms with Crippen molar-refractivity contribution < 1.29 is 8.42 Å². The summed E-state index contributed by atoms with van der Waals surface area (Å²) in [7, 11) is -2.93. The van der Waals surface area contributed by atoms with Crippen LogP contribution in [0.25, 0.3) is 5.69 Å². The van der Waals surface area contributed by atoms with Crippen molar-refractivity contribution in [1.29, 1.82) is 0 Å². The summed E-state index contributed by atoms with van der Waals surface area (Å²) >= 11 is 0. The summed E-state index contributed by atoms with van der Waals surface area (Å²) in [5.74, 6) is 0.645. The Bertz CT molecular complexity index is 624. The van der Waals surface area contributed by atoms with Crippen molar-refractivity contribution in [3.8, 4) is 5.69 Å². The third-order valence-electron chi connectivity index (χ3n) is 2.45. The number of nitrogens with zero attached hydrogens (tertiary/aromatic N) is 4. The van der Waals surface area contributed by atoms with Gasteiger partial charge in [0.15, 0.2) is 0 Å². The molecule has 0 spiro atoms. The smallest absolute Gasteiger partial charge is 0.247 e. The van der Waals surface area contributed by atoms with E-state index in [1.807, 2.05) is 30.3 Å². The van der Waals surface area contributed by atoms with E-state index in [2.05, 4.69) is 20.8 Å². The van der Waals surface area contributed by atoms with Crippen LogP contribution >= 0.6 is 0 Å². The van der Waals surface area contributed by atoms with Crippen molar-refractivity contribution in [2.24, 2.45) is 0 Å². The number of hydrogen-bond acceptors (Lipinski definition) is 6. The number of benzene rings is 1. The Hall–Kier alpha value is -1.96. The van der Waals surface area contributed by atoms with Crippen molar-refractivity contribution in [2.75, 3.05) is 23.9 Å². The zero-order chi connectivity index (χ0) is 13.7. The molecule has 1 heterocycles. The number of hydrogen-bond donors (Lipinski definition) is 1. The molecule has 0 aliphatic rings. The van der Waals surface area contributed by atoms with E-state index in [1.165, 1.54) is 6.26 Å². The number of tetrazole rings is 1. The summed E-state index contributed by atoms with van der Waals surface area (Å²) in [5.41, 5.74) is 0.845. The minimum absolute atomic E-state index is 0.146. The lowest BCUT2D eigenvalue weighted by Crippen LogP contribution is -2.12. The fourth-order valence-electron chi connectivity index (χ4n) is 1.57. The molecule has 19 heavy (non-hydrogen) atoms. The zero-order valence-electron chi connectivity index (χ0n) is 10.5. The molecule has 0 radical (unpaired) electrons. The van der Waals surface area contributed by atoms with Gasteiger partial charge >= 0.3 is 0 Å². The minimum Gasteiger partial charge on any atom is -0.353 e. The van der Waals surface area contributed by atoms with Gasteiger partial charge in [0.25, 0.3) is 0 Å². The van der Waals surface area contributed by atoms with Crippen LogP contribution in [-0.4, -0.2) is 47.2 Å². The monoisotopic (exact) mass is 281 g/mol. The van der Waals surface area contributed by atoms with Crippen molar-refractivity contribution in [2.45, 2.75) is 6.42 Å². The number of rotatable bonds is 6. The van der Waals surface area contributed by atoms with Gasteiger partial charge in [0.05, 0.1) is 11.4 Å². The number of aromatic nitrogens is 4. The lowest BCUT2D eigenvalue weighted by molar-refractivity contribution is 0.600. The molecule has 0 aliphatic carbocycles. The van der Waals surface area contributed by atoms with Crippen LogP contribution in [0.5, 0.6) is 0 Å². The highest BCUT2D eigenvalue weighted by atomic mass is 32.2. The molecule has 7 nitrogen and oxygen atoms in total. The minimum atomic E-state index is -2.93. The highest BCUT2D eigenvalue weighted by Gasteiger charge is 2.07. The Morgan fingerprint density at radius 2 is 2.00 bits per heavy atom. The molecular formula is C11H15N5O2S. The summed E-state index contributed by atoms with van der Waals surface area (Å²) < 4.78 is 23.6. The third kappa shape index (κ3) is 4.02. The molecule has 1 aromatic carbocycles. The van der Waals surface area contributed by atoms with Gasteiger partial charge in [-0.1, -0.05) is 23.3 Å². The lowest BCUT2D eigenvalue weighted by atomic mass is 10.3. The van der Waals surface area contributed by atoms with Crippen LogP contribution in [0, 0.1) is 0 Å². The van der Waals surface area contributed by atoms with Crippen LogP contribution in [0.1, 0.15) is 6.42 Å². The molecule has 2 rings (SSSR count). The Kier molecular flexibility index (Phi) is 4.10. The average Bonchev–Trinajstić information content (AvgIpc) is 2.83. The van der Waals surface area contributed by atoms with E-state index < -0.39 is 9.84 Å². The Morgan fingerprint density at radius 1 is 1.26 bits per heavy atom. The summed E-state index contributed by atoms with van der Waals surface area (Å²) in [6.45, 7) is 0.500. The van der Waals surface area contributed by atoms with Gasteiger partial charge in [-0.15, -0.1) is 0 Å². The second kappa shape index (κ2) is 5.79. The Labute approximate surface area is 111 Å². The van der Waals surface area contributed by atoms with Gasteiger partial charge in [0.2, 0.25) is 5.95 Å². The first-order valence-electron chi connectivity index (χ1n) is 5.82. The highest BCUT2D eigenvalue weighted by Crippen LogP contribution is 2.10. The molecular weight excluding hydrogens is 266 g/mol. The largest absolute Gasteiger partial charge is 0.353 e. The second-order valence-corrected chi connectivity index (χ2v) is 6.42. The van der Waals surface area contributed by atoms with Gasteiger partial charge in [0.1, 0.15) is 9.84 Å². The van der Waals surface area contributed by atoms with Gasteiger partial charge < -0.3 is 5.32 Å². The van der Waals surface area contributed by atoms with E-state index in [0.717, 1.165) is 5.69 Å². The first-order chi connectivity index (χ1) is 9.06. The molecule has 1 aromatic heterocycles. The topological polar surface area (TPSA) is 89.8 Å². The molecule has 0 bridgehead atoms.